The molecule has 0 amide bonds. The third kappa shape index (κ3) is 1.00. The molecule has 2 rings (SSSR count). The summed E-state index contributed by atoms with van der Waals surface area (Å²) in [4.78, 5) is 15.0. The molecule has 0 saturated heterocycles. The number of halogens is 2. The highest BCUT2D eigenvalue weighted by Crippen LogP contribution is 2.43. The first kappa shape index (κ1) is 7.64. The summed E-state index contributed by atoms with van der Waals surface area (Å²) in [6, 6.07) is 0. The van der Waals surface area contributed by atoms with E-state index in [2.05, 4.69) is 5.16 Å². The van der Waals surface area contributed by atoms with Crippen LogP contribution in [-0.4, -0.2) is 24.0 Å². The van der Waals surface area contributed by atoms with Gasteiger partial charge < -0.3 is 4.84 Å². The smallest absolute Gasteiger partial charge is 0.252 e. The Morgan fingerprint density at radius 1 is 1.58 bits per heavy atom. The third-order valence-corrected chi connectivity index (χ3v) is 2.26. The summed E-state index contributed by atoms with van der Waals surface area (Å²) in [7, 11) is 0. The molecule has 1 heterocycles. The fraction of sp³-hybridized carbons (Fsp3) is 0.714. The van der Waals surface area contributed by atoms with Gasteiger partial charge in [0.2, 0.25) is 0 Å². The van der Waals surface area contributed by atoms with Crippen LogP contribution in [0.4, 0.5) is 8.78 Å². The van der Waals surface area contributed by atoms with Gasteiger partial charge in [-0.15, -0.1) is 0 Å². The summed E-state index contributed by atoms with van der Waals surface area (Å²) in [5.74, 6) is -3.18. The van der Waals surface area contributed by atoms with Crippen molar-refractivity contribution in [2.75, 3.05) is 0 Å². The Hall–Kier alpha value is -1.00. The van der Waals surface area contributed by atoms with Crippen LogP contribution >= 0.6 is 0 Å². The van der Waals surface area contributed by atoms with Crippen molar-refractivity contribution in [2.45, 2.75) is 24.9 Å². The van der Waals surface area contributed by atoms with Crippen LogP contribution in [0.3, 0.4) is 0 Å². The molecule has 2 aliphatic rings. The average Bonchev–Trinajstić information content (AvgIpc) is 2.42. The van der Waals surface area contributed by atoms with Gasteiger partial charge in [0.25, 0.3) is 5.92 Å². The molecule has 5 heteroatoms. The first-order valence-electron chi connectivity index (χ1n) is 3.69. The molecule has 0 radical (unpaired) electrons. The first-order valence-corrected chi connectivity index (χ1v) is 3.69. The number of hydrogen-bond donors (Lipinski definition) is 0. The van der Waals surface area contributed by atoms with E-state index in [9.17, 15) is 13.6 Å². The van der Waals surface area contributed by atoms with Crippen LogP contribution in [0.15, 0.2) is 5.16 Å². The molecule has 66 valence electrons. The Morgan fingerprint density at radius 2 is 2.33 bits per heavy atom. The van der Waals surface area contributed by atoms with Gasteiger partial charge in [-0.2, -0.15) is 0 Å². The molecule has 0 aromatic heterocycles. The van der Waals surface area contributed by atoms with Gasteiger partial charge in [-0.25, -0.2) is 8.78 Å². The van der Waals surface area contributed by atoms with Gasteiger partial charge in [0, 0.05) is 6.42 Å². The van der Waals surface area contributed by atoms with Crippen molar-refractivity contribution in [1.82, 2.24) is 0 Å². The van der Waals surface area contributed by atoms with Crippen LogP contribution in [0.1, 0.15) is 12.8 Å². The second-order valence-corrected chi connectivity index (χ2v) is 3.15. The third-order valence-electron chi connectivity index (χ3n) is 2.26. The zero-order valence-electron chi connectivity index (χ0n) is 6.17. The van der Waals surface area contributed by atoms with E-state index >= 15 is 0 Å². The summed E-state index contributed by atoms with van der Waals surface area (Å²) < 4.78 is 25.4. The molecule has 0 spiro atoms. The highest BCUT2D eigenvalue weighted by atomic mass is 19.3. The lowest BCUT2D eigenvalue weighted by Crippen LogP contribution is -2.17. The van der Waals surface area contributed by atoms with Crippen LogP contribution in [0.2, 0.25) is 0 Å². The molecule has 12 heavy (non-hydrogen) atoms. The van der Waals surface area contributed by atoms with Gasteiger partial charge >= 0.3 is 0 Å². The maximum Gasteiger partial charge on any atom is 0.252 e. The topological polar surface area (TPSA) is 38.7 Å². The summed E-state index contributed by atoms with van der Waals surface area (Å²) in [6.07, 6.45) is -0.722. The minimum atomic E-state index is -2.69. The highest BCUT2D eigenvalue weighted by molar-refractivity contribution is 6.29. The molecule has 1 fully saturated rings. The van der Waals surface area contributed by atoms with E-state index in [-0.39, 0.29) is 18.6 Å². The summed E-state index contributed by atoms with van der Waals surface area (Å²) in [6.45, 7) is 0. The van der Waals surface area contributed by atoms with E-state index in [4.69, 9.17) is 4.84 Å². The lowest BCUT2D eigenvalue weighted by molar-refractivity contribution is -0.102. The number of fused-ring (bicyclic) bond motifs is 1. The zero-order chi connectivity index (χ0) is 8.77. The van der Waals surface area contributed by atoms with Crippen molar-refractivity contribution in [2.24, 2.45) is 11.1 Å². The molecule has 0 aromatic carbocycles. The molecule has 0 bridgehead atoms. The van der Waals surface area contributed by atoms with Crippen molar-refractivity contribution in [3.63, 3.8) is 0 Å². The second-order valence-electron chi connectivity index (χ2n) is 3.15. The molecule has 3 nitrogen and oxygen atoms in total. The van der Waals surface area contributed by atoms with E-state index in [1.165, 1.54) is 0 Å². The molecule has 0 aromatic rings. The van der Waals surface area contributed by atoms with E-state index in [1.54, 1.807) is 0 Å². The minimum absolute atomic E-state index is 0.122. The monoisotopic (exact) mass is 175 g/mol. The molecule has 2 atom stereocenters. The molecular formula is C7H7F2NO2. The van der Waals surface area contributed by atoms with E-state index in [1.807, 2.05) is 0 Å². The van der Waals surface area contributed by atoms with Crippen molar-refractivity contribution in [1.29, 1.82) is 0 Å². The number of carbonyl (C=O) groups excluding carboxylic acids is 1. The van der Waals surface area contributed by atoms with Gasteiger partial charge in [-0.3, -0.25) is 4.79 Å². The van der Waals surface area contributed by atoms with Gasteiger partial charge in [-0.05, 0) is 0 Å². The van der Waals surface area contributed by atoms with Crippen molar-refractivity contribution < 1.29 is 18.4 Å². The van der Waals surface area contributed by atoms with Crippen LogP contribution in [0, 0.1) is 5.92 Å². The minimum Gasteiger partial charge on any atom is -0.391 e. The molecular weight excluding hydrogens is 168 g/mol. The number of nitrogens with zero attached hydrogens (tertiary/aromatic N) is 1. The first-order chi connectivity index (χ1) is 5.62. The largest absolute Gasteiger partial charge is 0.391 e. The second kappa shape index (κ2) is 2.24. The van der Waals surface area contributed by atoms with Crippen LogP contribution in [0.25, 0.3) is 0 Å². The highest BCUT2D eigenvalue weighted by Gasteiger charge is 2.52. The van der Waals surface area contributed by atoms with Crippen LogP contribution < -0.4 is 0 Å². The SMILES string of the molecule is O=CC1=NOC2CC(F)(F)CC12. The number of oxime groups is 1. The zero-order valence-corrected chi connectivity index (χ0v) is 6.17. The number of hydrogen-bond acceptors (Lipinski definition) is 3. The Balaban J connectivity index is 2.17. The Kier molecular flexibility index (Phi) is 1.43. The van der Waals surface area contributed by atoms with Crippen LogP contribution in [-0.2, 0) is 9.63 Å². The molecule has 2 unspecified atom stereocenters. The molecule has 0 N–H and O–H groups in total. The standard InChI is InChI=1S/C7H7F2NO2/c8-7(9)1-4-5(3-11)10-12-6(4)2-7/h3-4,6H,1-2H2. The number of aldehydes is 1. The predicted molar refractivity (Wildman–Crippen MR) is 36.0 cm³/mol. The van der Waals surface area contributed by atoms with Gasteiger partial charge in [-0.1, -0.05) is 5.16 Å². The fourth-order valence-corrected chi connectivity index (χ4v) is 1.68. The van der Waals surface area contributed by atoms with Crippen molar-refractivity contribution >= 4 is 12.0 Å². The average molecular weight is 175 g/mol. The lowest BCUT2D eigenvalue weighted by atomic mass is 10.0. The van der Waals surface area contributed by atoms with Crippen molar-refractivity contribution in [3.8, 4) is 0 Å². The lowest BCUT2D eigenvalue weighted by Gasteiger charge is -2.06. The van der Waals surface area contributed by atoms with Gasteiger partial charge in [0.1, 0.15) is 11.8 Å². The van der Waals surface area contributed by atoms with Gasteiger partial charge in [0.05, 0.1) is 12.3 Å². The molecule has 1 aliphatic carbocycles. The maximum absolute atomic E-state index is 12.7. The van der Waals surface area contributed by atoms with E-state index < -0.39 is 17.9 Å². The summed E-state index contributed by atoms with van der Waals surface area (Å²) in [5, 5.41) is 3.42. The summed E-state index contributed by atoms with van der Waals surface area (Å²) in [5.41, 5.74) is 0.122. The van der Waals surface area contributed by atoms with E-state index in [0.717, 1.165) is 0 Å². The maximum atomic E-state index is 12.7. The van der Waals surface area contributed by atoms with Gasteiger partial charge in [0.15, 0.2) is 6.29 Å². The normalized spacial score (nSPS) is 37.0. The Bertz CT molecular complexity index is 252. The number of alkyl halides is 2. The van der Waals surface area contributed by atoms with E-state index in [0.29, 0.717) is 6.29 Å². The predicted octanol–water partition coefficient (Wildman–Crippen LogP) is 0.985. The quantitative estimate of drug-likeness (QED) is 0.557. The molecule has 1 saturated carbocycles. The van der Waals surface area contributed by atoms with Crippen molar-refractivity contribution in [3.05, 3.63) is 0 Å². The fourth-order valence-electron chi connectivity index (χ4n) is 1.68. The number of carbonyl (C=O) groups is 1. The van der Waals surface area contributed by atoms with Crippen LogP contribution in [0.5, 0.6) is 0 Å². The number of rotatable bonds is 1. The Labute approximate surface area is 67.4 Å². The summed E-state index contributed by atoms with van der Waals surface area (Å²) >= 11 is 0. The molecule has 1 aliphatic heterocycles. The Morgan fingerprint density at radius 3 is 3.00 bits per heavy atom.